The second kappa shape index (κ2) is 8.27. The van der Waals surface area contributed by atoms with E-state index in [0.717, 1.165) is 11.3 Å². The molecule has 30 heavy (non-hydrogen) atoms. The van der Waals surface area contributed by atoms with Crippen LogP contribution in [0.15, 0.2) is 77.1 Å². The van der Waals surface area contributed by atoms with Crippen molar-refractivity contribution in [1.82, 2.24) is 5.32 Å². The highest BCUT2D eigenvalue weighted by atomic mass is 19.1. The topological polar surface area (TPSA) is 55.4 Å². The number of ether oxygens (including phenoxy) is 1. The van der Waals surface area contributed by atoms with E-state index in [4.69, 9.17) is 4.74 Å². The van der Waals surface area contributed by atoms with Gasteiger partial charge in [-0.15, -0.1) is 0 Å². The van der Waals surface area contributed by atoms with Crippen LogP contribution in [0.4, 0.5) is 4.39 Å². The van der Waals surface area contributed by atoms with E-state index in [0.29, 0.717) is 35.2 Å². The van der Waals surface area contributed by atoms with E-state index in [1.165, 1.54) is 12.1 Å². The van der Waals surface area contributed by atoms with E-state index < -0.39 is 17.7 Å². The molecule has 0 fully saturated rings. The van der Waals surface area contributed by atoms with Crippen LogP contribution in [-0.2, 0) is 14.3 Å². The van der Waals surface area contributed by atoms with Crippen LogP contribution in [-0.4, -0.2) is 18.4 Å². The monoisotopic (exact) mass is 405 g/mol. The van der Waals surface area contributed by atoms with Crippen LogP contribution in [0.5, 0.6) is 0 Å². The van der Waals surface area contributed by atoms with Crippen LogP contribution < -0.4 is 5.32 Å². The van der Waals surface area contributed by atoms with Crippen molar-refractivity contribution in [2.45, 2.75) is 38.5 Å². The number of ketones is 1. The number of dihydropyridines is 1. The molecule has 5 heteroatoms. The first kappa shape index (κ1) is 20.1. The zero-order valence-electron chi connectivity index (χ0n) is 17.1. The van der Waals surface area contributed by atoms with Crippen LogP contribution in [0.3, 0.4) is 0 Å². The summed E-state index contributed by atoms with van der Waals surface area (Å²) < 4.78 is 19.3. The summed E-state index contributed by atoms with van der Waals surface area (Å²) in [6.45, 7) is 3.77. The molecule has 4 rings (SSSR count). The van der Waals surface area contributed by atoms with Gasteiger partial charge in [0.1, 0.15) is 5.82 Å². The number of Topliss-reactive ketones (excluding diaryl/α,β-unsaturated/α-hetero) is 1. The van der Waals surface area contributed by atoms with Crippen molar-refractivity contribution in [3.05, 3.63) is 94.1 Å². The molecule has 1 aliphatic carbocycles. The summed E-state index contributed by atoms with van der Waals surface area (Å²) in [6.07, 6.45) is 1.01. The summed E-state index contributed by atoms with van der Waals surface area (Å²) >= 11 is 0. The number of hydrogen-bond acceptors (Lipinski definition) is 4. The van der Waals surface area contributed by atoms with Gasteiger partial charge < -0.3 is 10.1 Å². The van der Waals surface area contributed by atoms with E-state index in [9.17, 15) is 14.0 Å². The van der Waals surface area contributed by atoms with Gasteiger partial charge in [-0.1, -0.05) is 42.5 Å². The highest BCUT2D eigenvalue weighted by Gasteiger charge is 2.41. The van der Waals surface area contributed by atoms with Crippen LogP contribution in [0.25, 0.3) is 0 Å². The highest BCUT2D eigenvalue weighted by Crippen LogP contribution is 2.45. The quantitative estimate of drug-likeness (QED) is 0.746. The van der Waals surface area contributed by atoms with Crippen molar-refractivity contribution in [2.75, 3.05) is 6.61 Å². The van der Waals surface area contributed by atoms with Gasteiger partial charge in [0.15, 0.2) is 5.78 Å². The Hall–Kier alpha value is -3.21. The first-order valence-electron chi connectivity index (χ1n) is 10.2. The Morgan fingerprint density at radius 2 is 1.83 bits per heavy atom. The number of benzene rings is 2. The Morgan fingerprint density at radius 1 is 1.10 bits per heavy atom. The molecular formula is C25H24FNO3. The van der Waals surface area contributed by atoms with Crippen molar-refractivity contribution in [3.63, 3.8) is 0 Å². The molecule has 0 bridgehead atoms. The average molecular weight is 405 g/mol. The summed E-state index contributed by atoms with van der Waals surface area (Å²) in [7, 11) is 0. The Morgan fingerprint density at radius 3 is 2.53 bits per heavy atom. The molecule has 0 amide bonds. The van der Waals surface area contributed by atoms with Crippen molar-refractivity contribution < 1.29 is 18.7 Å². The van der Waals surface area contributed by atoms with Crippen LogP contribution in [0.2, 0.25) is 0 Å². The maximum absolute atomic E-state index is 14.1. The number of esters is 1. The van der Waals surface area contributed by atoms with Crippen molar-refractivity contribution >= 4 is 11.8 Å². The van der Waals surface area contributed by atoms with Gasteiger partial charge in [0.25, 0.3) is 0 Å². The van der Waals surface area contributed by atoms with E-state index >= 15 is 0 Å². The van der Waals surface area contributed by atoms with Gasteiger partial charge in [0, 0.05) is 29.3 Å². The first-order chi connectivity index (χ1) is 14.5. The molecule has 0 spiro atoms. The van der Waals surface area contributed by atoms with Crippen molar-refractivity contribution in [2.24, 2.45) is 0 Å². The predicted molar refractivity (Wildman–Crippen MR) is 112 cm³/mol. The second-order valence-corrected chi connectivity index (χ2v) is 7.70. The smallest absolute Gasteiger partial charge is 0.336 e. The molecule has 4 nitrogen and oxygen atoms in total. The van der Waals surface area contributed by atoms with E-state index in [1.807, 2.05) is 30.3 Å². The van der Waals surface area contributed by atoms with Crippen molar-refractivity contribution in [1.29, 1.82) is 0 Å². The largest absolute Gasteiger partial charge is 0.463 e. The van der Waals surface area contributed by atoms with Crippen LogP contribution in [0, 0.1) is 5.82 Å². The third-order valence-corrected chi connectivity index (χ3v) is 5.78. The lowest BCUT2D eigenvalue weighted by atomic mass is 9.72. The minimum absolute atomic E-state index is 0.0267. The SMILES string of the molecule is CCOC(=O)C1=C(C)NC2=C(C(=O)C[C@H](c3ccccc3)C2)[C@H]1c1cccc(F)c1. The fraction of sp³-hybridized carbons (Fsp3) is 0.280. The van der Waals surface area contributed by atoms with Gasteiger partial charge in [-0.3, -0.25) is 4.79 Å². The van der Waals surface area contributed by atoms with Crippen molar-refractivity contribution in [3.8, 4) is 0 Å². The average Bonchev–Trinajstić information content (AvgIpc) is 2.73. The number of carbonyl (C=O) groups is 2. The lowest BCUT2D eigenvalue weighted by Gasteiger charge is -2.36. The molecular weight excluding hydrogens is 381 g/mol. The Bertz CT molecular complexity index is 1060. The van der Waals surface area contributed by atoms with Gasteiger partial charge in [-0.25, -0.2) is 9.18 Å². The summed E-state index contributed by atoms with van der Waals surface area (Å²) in [5.74, 6) is -1.49. The number of carbonyl (C=O) groups excluding carboxylic acids is 2. The third kappa shape index (κ3) is 3.67. The Balaban J connectivity index is 1.81. The number of rotatable bonds is 4. The summed E-state index contributed by atoms with van der Waals surface area (Å²) in [5.41, 5.74) is 4.05. The fourth-order valence-electron chi connectivity index (χ4n) is 4.50. The molecule has 2 aromatic carbocycles. The van der Waals surface area contributed by atoms with Crippen LogP contribution in [0.1, 0.15) is 49.7 Å². The number of allylic oxidation sites excluding steroid dienone is 3. The normalized spacial score (nSPS) is 21.2. The molecule has 154 valence electrons. The lowest BCUT2D eigenvalue weighted by Crippen LogP contribution is -2.36. The molecule has 0 saturated carbocycles. The Labute approximate surface area is 175 Å². The van der Waals surface area contributed by atoms with E-state index in [1.54, 1.807) is 26.0 Å². The standard InChI is InChI=1S/C25H24FNO3/c1-3-30-25(29)22-15(2)27-20-13-18(16-8-5-4-6-9-16)14-21(28)24(20)23(22)17-10-7-11-19(26)12-17/h4-12,18,23,27H,3,13-14H2,1-2H3/t18-,23+/m1/s1. The molecule has 1 aliphatic heterocycles. The van der Waals surface area contributed by atoms with Gasteiger partial charge in [0.05, 0.1) is 12.2 Å². The summed E-state index contributed by atoms with van der Waals surface area (Å²) in [4.78, 5) is 26.1. The second-order valence-electron chi connectivity index (χ2n) is 7.70. The van der Waals surface area contributed by atoms with Crippen LogP contribution >= 0.6 is 0 Å². The van der Waals surface area contributed by atoms with Gasteiger partial charge in [-0.2, -0.15) is 0 Å². The minimum Gasteiger partial charge on any atom is -0.463 e. The number of halogens is 1. The first-order valence-corrected chi connectivity index (χ1v) is 10.2. The zero-order chi connectivity index (χ0) is 21.3. The minimum atomic E-state index is -0.639. The molecule has 0 aromatic heterocycles. The maximum Gasteiger partial charge on any atom is 0.336 e. The zero-order valence-corrected chi connectivity index (χ0v) is 17.1. The molecule has 2 aromatic rings. The molecule has 0 saturated heterocycles. The molecule has 2 aliphatic rings. The molecule has 1 heterocycles. The summed E-state index contributed by atoms with van der Waals surface area (Å²) in [6, 6.07) is 16.1. The number of hydrogen-bond donors (Lipinski definition) is 1. The van der Waals surface area contributed by atoms with Gasteiger partial charge >= 0.3 is 5.97 Å². The maximum atomic E-state index is 14.1. The molecule has 0 unspecified atom stereocenters. The molecule has 2 atom stereocenters. The molecule has 0 radical (unpaired) electrons. The van der Waals surface area contributed by atoms with E-state index in [-0.39, 0.29) is 18.3 Å². The van der Waals surface area contributed by atoms with Gasteiger partial charge in [0.2, 0.25) is 0 Å². The lowest BCUT2D eigenvalue weighted by molar-refractivity contribution is -0.138. The number of nitrogens with one attached hydrogen (secondary N) is 1. The Kier molecular flexibility index (Phi) is 5.53. The predicted octanol–water partition coefficient (Wildman–Crippen LogP) is 4.75. The van der Waals surface area contributed by atoms with Gasteiger partial charge in [-0.05, 0) is 49.4 Å². The van der Waals surface area contributed by atoms with E-state index in [2.05, 4.69) is 5.32 Å². The summed E-state index contributed by atoms with van der Waals surface area (Å²) in [5, 5.41) is 3.30. The fourth-order valence-corrected chi connectivity index (χ4v) is 4.50. The highest BCUT2D eigenvalue weighted by molar-refractivity contribution is 6.04. The third-order valence-electron chi connectivity index (χ3n) is 5.78. The molecule has 1 N–H and O–H groups in total.